The number of nitrogens with one attached hydrogen (secondary N) is 1. The molecule has 0 unspecified atom stereocenters. The van der Waals surface area contributed by atoms with E-state index < -0.39 is 10.9 Å². The van der Waals surface area contributed by atoms with Crippen molar-refractivity contribution in [2.24, 2.45) is 0 Å². The molecule has 8 nitrogen and oxygen atoms in total. The molecule has 0 atom stereocenters. The van der Waals surface area contributed by atoms with Crippen molar-refractivity contribution in [1.29, 1.82) is 0 Å². The van der Waals surface area contributed by atoms with Crippen LogP contribution in [0.3, 0.4) is 0 Å². The molecule has 0 saturated heterocycles. The predicted molar refractivity (Wildman–Crippen MR) is 63.9 cm³/mol. The van der Waals surface area contributed by atoms with Crippen LogP contribution in [0.4, 0.5) is 11.4 Å². The van der Waals surface area contributed by atoms with Crippen molar-refractivity contribution in [2.75, 3.05) is 5.32 Å². The van der Waals surface area contributed by atoms with E-state index in [-0.39, 0.29) is 23.5 Å². The molecule has 0 saturated carbocycles. The lowest BCUT2D eigenvalue weighted by atomic mass is 10.1. The fourth-order valence-electron chi connectivity index (χ4n) is 1.48. The van der Waals surface area contributed by atoms with E-state index in [2.05, 4.69) is 15.0 Å². The average molecular weight is 263 g/mol. The minimum Gasteiger partial charge on any atom is -0.478 e. The first-order valence-corrected chi connectivity index (χ1v) is 5.23. The molecule has 1 heterocycles. The van der Waals surface area contributed by atoms with Crippen molar-refractivity contribution < 1.29 is 19.3 Å². The minimum absolute atomic E-state index is 0.140. The molecular weight excluding hydrogens is 254 g/mol. The quantitative estimate of drug-likeness (QED) is 0.624. The van der Waals surface area contributed by atoms with Crippen LogP contribution in [0.15, 0.2) is 35.1 Å². The van der Waals surface area contributed by atoms with Crippen molar-refractivity contribution in [2.45, 2.75) is 6.54 Å². The van der Waals surface area contributed by atoms with Crippen LogP contribution in [0.1, 0.15) is 16.1 Å². The van der Waals surface area contributed by atoms with E-state index in [4.69, 9.17) is 5.11 Å². The Balaban J connectivity index is 2.24. The van der Waals surface area contributed by atoms with Crippen molar-refractivity contribution in [3.63, 3.8) is 0 Å². The molecule has 0 aliphatic carbocycles. The van der Waals surface area contributed by atoms with Crippen molar-refractivity contribution in [3.05, 3.63) is 51.9 Å². The molecule has 1 aromatic heterocycles. The molecule has 0 amide bonds. The maximum Gasteiger partial charge on any atom is 0.335 e. The fourth-order valence-corrected chi connectivity index (χ4v) is 1.48. The number of hydrogen-bond donors (Lipinski definition) is 2. The number of nitro benzene ring substituents is 1. The molecule has 0 spiro atoms. The van der Waals surface area contributed by atoms with Crippen LogP contribution in [0, 0.1) is 10.1 Å². The third-order valence-corrected chi connectivity index (χ3v) is 2.39. The Kier molecular flexibility index (Phi) is 3.42. The monoisotopic (exact) mass is 263 g/mol. The highest BCUT2D eigenvalue weighted by molar-refractivity contribution is 5.89. The number of rotatable bonds is 5. The summed E-state index contributed by atoms with van der Waals surface area (Å²) in [5.41, 5.74) is 0.358. The molecule has 8 heteroatoms. The minimum atomic E-state index is -1.22. The van der Waals surface area contributed by atoms with E-state index in [1.807, 2.05) is 0 Å². The van der Waals surface area contributed by atoms with Gasteiger partial charge in [-0.25, -0.2) is 4.79 Å². The zero-order valence-electron chi connectivity index (χ0n) is 9.57. The van der Waals surface area contributed by atoms with Gasteiger partial charge in [-0.2, -0.15) is 0 Å². The lowest BCUT2D eigenvalue weighted by Gasteiger charge is -2.05. The van der Waals surface area contributed by atoms with Gasteiger partial charge in [-0.3, -0.25) is 10.1 Å². The molecule has 1 aromatic carbocycles. The summed E-state index contributed by atoms with van der Waals surface area (Å²) in [6.07, 6.45) is 1.39. The van der Waals surface area contributed by atoms with Crippen LogP contribution in [0.2, 0.25) is 0 Å². The van der Waals surface area contributed by atoms with Gasteiger partial charge in [-0.05, 0) is 12.1 Å². The molecule has 0 aliphatic heterocycles. The molecular formula is C11H9N3O5. The third-order valence-electron chi connectivity index (χ3n) is 2.39. The zero-order chi connectivity index (χ0) is 13.8. The Morgan fingerprint density at radius 1 is 1.47 bits per heavy atom. The lowest BCUT2D eigenvalue weighted by molar-refractivity contribution is -0.384. The number of carboxylic acids is 1. The Labute approximate surface area is 106 Å². The smallest absolute Gasteiger partial charge is 0.335 e. The average Bonchev–Trinajstić information content (AvgIpc) is 2.89. The van der Waals surface area contributed by atoms with E-state index in [1.54, 1.807) is 6.07 Å². The van der Waals surface area contributed by atoms with Crippen molar-refractivity contribution >= 4 is 17.3 Å². The third kappa shape index (κ3) is 2.86. The second kappa shape index (κ2) is 5.17. The van der Waals surface area contributed by atoms with Crippen molar-refractivity contribution in [1.82, 2.24) is 5.16 Å². The Morgan fingerprint density at radius 3 is 2.84 bits per heavy atom. The van der Waals surface area contributed by atoms with Crippen LogP contribution in [0.5, 0.6) is 0 Å². The number of aromatic nitrogens is 1. The summed E-state index contributed by atoms with van der Waals surface area (Å²) >= 11 is 0. The largest absolute Gasteiger partial charge is 0.478 e. The van der Waals surface area contributed by atoms with Gasteiger partial charge in [0, 0.05) is 12.1 Å². The molecule has 2 rings (SSSR count). The predicted octanol–water partition coefficient (Wildman–Crippen LogP) is 1.89. The van der Waals surface area contributed by atoms with Gasteiger partial charge in [-0.1, -0.05) is 5.16 Å². The SMILES string of the molecule is O=C(O)c1ccc(NCc2ccon2)c([N+](=O)[O-])c1. The van der Waals surface area contributed by atoms with E-state index in [9.17, 15) is 14.9 Å². The lowest BCUT2D eigenvalue weighted by Crippen LogP contribution is -2.05. The second-order valence-corrected chi connectivity index (χ2v) is 3.64. The summed E-state index contributed by atoms with van der Waals surface area (Å²) in [5.74, 6) is -1.22. The zero-order valence-corrected chi connectivity index (χ0v) is 9.57. The van der Waals surface area contributed by atoms with Crippen LogP contribution in [0.25, 0.3) is 0 Å². The Morgan fingerprint density at radius 2 is 2.26 bits per heavy atom. The number of nitrogens with zero attached hydrogens (tertiary/aromatic N) is 2. The number of carbonyl (C=O) groups is 1. The summed E-state index contributed by atoms with van der Waals surface area (Å²) in [6.45, 7) is 0.240. The van der Waals surface area contributed by atoms with Gasteiger partial charge in [-0.15, -0.1) is 0 Å². The van der Waals surface area contributed by atoms with E-state index >= 15 is 0 Å². The van der Waals surface area contributed by atoms with E-state index in [0.717, 1.165) is 6.07 Å². The summed E-state index contributed by atoms with van der Waals surface area (Å²) in [4.78, 5) is 21.0. The van der Waals surface area contributed by atoms with Gasteiger partial charge in [0.25, 0.3) is 5.69 Å². The van der Waals surface area contributed by atoms with Crippen LogP contribution >= 0.6 is 0 Å². The molecule has 98 valence electrons. The van der Waals surface area contributed by atoms with Gasteiger partial charge in [0.15, 0.2) is 0 Å². The number of aromatic carboxylic acids is 1. The van der Waals surface area contributed by atoms with Gasteiger partial charge in [0.05, 0.1) is 17.0 Å². The van der Waals surface area contributed by atoms with Crippen LogP contribution < -0.4 is 5.32 Å². The molecule has 0 fully saturated rings. The summed E-state index contributed by atoms with van der Waals surface area (Å²) < 4.78 is 4.63. The van der Waals surface area contributed by atoms with Gasteiger partial charge >= 0.3 is 5.97 Å². The number of carboxylic acid groups (broad SMARTS) is 1. The Bertz CT molecular complexity index is 609. The molecule has 19 heavy (non-hydrogen) atoms. The molecule has 0 aliphatic rings. The van der Waals surface area contributed by atoms with Gasteiger partial charge in [0.2, 0.25) is 0 Å². The molecule has 0 radical (unpaired) electrons. The topological polar surface area (TPSA) is 118 Å². The molecule has 0 bridgehead atoms. The number of benzene rings is 1. The van der Waals surface area contributed by atoms with E-state index in [0.29, 0.717) is 5.69 Å². The molecule has 2 aromatic rings. The summed E-state index contributed by atoms with van der Waals surface area (Å²) in [5, 5.41) is 26.1. The molecule has 2 N–H and O–H groups in total. The first-order valence-electron chi connectivity index (χ1n) is 5.23. The standard InChI is InChI=1S/C11H9N3O5/c15-11(16)7-1-2-9(10(5-7)14(17)18)12-6-8-3-4-19-13-8/h1-5,12H,6H2,(H,15,16). The highest BCUT2D eigenvalue weighted by Crippen LogP contribution is 2.26. The van der Waals surface area contributed by atoms with Gasteiger partial charge < -0.3 is 14.9 Å². The van der Waals surface area contributed by atoms with E-state index in [1.165, 1.54) is 18.4 Å². The first-order chi connectivity index (χ1) is 9.08. The highest BCUT2D eigenvalue weighted by atomic mass is 16.6. The summed E-state index contributed by atoms with van der Waals surface area (Å²) in [7, 11) is 0. The highest BCUT2D eigenvalue weighted by Gasteiger charge is 2.17. The number of hydrogen-bond acceptors (Lipinski definition) is 6. The number of anilines is 1. The van der Waals surface area contributed by atoms with Crippen LogP contribution in [-0.4, -0.2) is 21.2 Å². The fraction of sp³-hybridized carbons (Fsp3) is 0.0909. The van der Waals surface area contributed by atoms with Gasteiger partial charge in [0.1, 0.15) is 17.6 Å². The summed E-state index contributed by atoms with van der Waals surface area (Å²) in [6, 6.07) is 5.26. The maximum absolute atomic E-state index is 10.9. The Hall–Kier alpha value is -2.90. The maximum atomic E-state index is 10.9. The normalized spacial score (nSPS) is 10.1. The first kappa shape index (κ1) is 12.6. The second-order valence-electron chi connectivity index (χ2n) is 3.64. The van der Waals surface area contributed by atoms with Crippen LogP contribution in [-0.2, 0) is 6.54 Å². The van der Waals surface area contributed by atoms with Crippen molar-refractivity contribution in [3.8, 4) is 0 Å². The number of nitro groups is 1.